The molecule has 8 rings (SSSR count). The maximum atomic E-state index is 15.0. The summed E-state index contributed by atoms with van der Waals surface area (Å²) in [7, 11) is 0. The lowest BCUT2D eigenvalue weighted by molar-refractivity contribution is -0.328. The fourth-order valence-corrected chi connectivity index (χ4v) is 15.1. The lowest BCUT2D eigenvalue weighted by atomic mass is 9.33. The Morgan fingerprint density at radius 2 is 1.23 bits per heavy atom. The van der Waals surface area contributed by atoms with Crippen molar-refractivity contribution < 1.29 is 98.6 Å². The van der Waals surface area contributed by atoms with E-state index in [0.717, 1.165) is 39.0 Å². The molecule has 20 nitrogen and oxygen atoms in total. The lowest BCUT2D eigenvalue weighted by Gasteiger charge is -2.71. The van der Waals surface area contributed by atoms with Gasteiger partial charge in [0.25, 0.3) is 0 Å². The molecule has 20 heteroatoms. The first-order valence-electron chi connectivity index (χ1n) is 25.2. The molecule has 0 spiro atoms. The lowest BCUT2D eigenvalue weighted by Crippen LogP contribution is -2.66. The molecule has 0 radical (unpaired) electrons. The van der Waals surface area contributed by atoms with Gasteiger partial charge in [-0.05, 0) is 109 Å². The van der Waals surface area contributed by atoms with Crippen LogP contribution in [-0.2, 0) is 47.5 Å². The molecule has 3 heterocycles. The zero-order chi connectivity index (χ0) is 51.4. The number of aliphatic hydroxyl groups excluding tert-OH is 9. The Morgan fingerprint density at radius 1 is 0.643 bits per heavy atom. The number of hydrogen-bond acceptors (Lipinski definition) is 19. The third-order valence-electron chi connectivity index (χ3n) is 19.5. The average Bonchev–Trinajstić information content (AvgIpc) is 3.28. The van der Waals surface area contributed by atoms with E-state index in [0.29, 0.717) is 32.1 Å². The van der Waals surface area contributed by atoms with Crippen molar-refractivity contribution in [2.75, 3.05) is 13.2 Å². The zero-order valence-corrected chi connectivity index (χ0v) is 41.6. The highest BCUT2D eigenvalue weighted by Crippen LogP contribution is 2.76. The summed E-state index contributed by atoms with van der Waals surface area (Å²) < 4.78 is 40.3. The van der Waals surface area contributed by atoms with Crippen molar-refractivity contribution in [3.63, 3.8) is 0 Å². The number of carboxylic acid groups (broad SMARTS) is 1. The predicted octanol–water partition coefficient (Wildman–Crippen LogP) is 0.804. The summed E-state index contributed by atoms with van der Waals surface area (Å²) in [6.45, 7) is 16.0. The molecule has 70 heavy (non-hydrogen) atoms. The molecule has 8 aliphatic rings. The highest BCUT2D eigenvalue weighted by atomic mass is 16.7. The van der Waals surface area contributed by atoms with Gasteiger partial charge in [0, 0.05) is 6.92 Å². The third-order valence-corrected chi connectivity index (χ3v) is 19.5. The number of carbonyl (C=O) groups excluding carboxylic acids is 2. The molecule has 3 aliphatic heterocycles. The third kappa shape index (κ3) is 8.77. The van der Waals surface area contributed by atoms with Crippen LogP contribution in [0.5, 0.6) is 0 Å². The highest BCUT2D eigenvalue weighted by Gasteiger charge is 2.70. The van der Waals surface area contributed by atoms with Crippen LogP contribution in [-0.4, -0.2) is 180 Å². The molecule has 0 aromatic rings. The van der Waals surface area contributed by atoms with Crippen LogP contribution in [0.25, 0.3) is 0 Å². The molecule has 7 fully saturated rings. The van der Waals surface area contributed by atoms with Crippen LogP contribution in [0, 0.1) is 50.2 Å². The van der Waals surface area contributed by atoms with Gasteiger partial charge in [-0.3, -0.25) is 9.59 Å². The van der Waals surface area contributed by atoms with Gasteiger partial charge < -0.3 is 84.2 Å². The van der Waals surface area contributed by atoms with Gasteiger partial charge in [0.2, 0.25) is 6.29 Å². The smallest absolute Gasteiger partial charge is 0.335 e. The molecular formula is C50H78O20. The molecule has 0 amide bonds. The van der Waals surface area contributed by atoms with E-state index < -0.39 is 140 Å². The fourth-order valence-electron chi connectivity index (χ4n) is 15.1. The molecule has 23 unspecified atom stereocenters. The second-order valence-electron chi connectivity index (χ2n) is 24.2. The number of ether oxygens (including phenoxy) is 7. The first-order chi connectivity index (χ1) is 32.5. The average molecular weight is 999 g/mol. The summed E-state index contributed by atoms with van der Waals surface area (Å²) in [6, 6.07) is 0. The Kier molecular flexibility index (Phi) is 14.7. The fraction of sp³-hybridized carbons (Fsp3) is 0.900. The van der Waals surface area contributed by atoms with Crippen molar-refractivity contribution >= 4 is 17.9 Å². The molecule has 0 aromatic carbocycles. The van der Waals surface area contributed by atoms with Crippen molar-refractivity contribution in [1.82, 2.24) is 0 Å². The van der Waals surface area contributed by atoms with E-state index in [2.05, 4.69) is 54.5 Å². The van der Waals surface area contributed by atoms with E-state index in [1.807, 2.05) is 0 Å². The summed E-state index contributed by atoms with van der Waals surface area (Å²) in [6.07, 6.45) is -16.1. The SMILES string of the molecule is CC(=O)OCC1OC(OCC2OC(OC(=O)C34CCC(C)(C)CC3C3=CCC5C6(C)CCC(OC7OC(C(=O)O)C(O)C(O)C7O)C(C)(C)C6CCC5(C)C3(C)CC4)C(O)C(O)C2O)C(O)C(O)C1O. The minimum absolute atomic E-state index is 0.123. The van der Waals surface area contributed by atoms with Crippen molar-refractivity contribution in [2.24, 2.45) is 50.2 Å². The molecule has 4 saturated carbocycles. The summed E-state index contributed by atoms with van der Waals surface area (Å²) in [5.74, 6) is -2.55. The van der Waals surface area contributed by atoms with E-state index in [9.17, 15) is 60.7 Å². The molecule has 10 N–H and O–H groups in total. The van der Waals surface area contributed by atoms with Crippen LogP contribution >= 0.6 is 0 Å². The molecule has 398 valence electrons. The molecule has 0 bridgehead atoms. The van der Waals surface area contributed by atoms with Gasteiger partial charge in [-0.25, -0.2) is 4.79 Å². The van der Waals surface area contributed by atoms with Gasteiger partial charge in [0.1, 0.15) is 73.8 Å². The second-order valence-corrected chi connectivity index (χ2v) is 24.2. The number of aliphatic hydroxyl groups is 9. The number of fused-ring (bicyclic) bond motifs is 7. The van der Waals surface area contributed by atoms with Crippen molar-refractivity contribution in [3.05, 3.63) is 11.6 Å². The zero-order valence-electron chi connectivity index (χ0n) is 41.6. The van der Waals surface area contributed by atoms with Crippen LogP contribution in [0.15, 0.2) is 11.6 Å². The summed E-state index contributed by atoms with van der Waals surface area (Å²) in [4.78, 5) is 38.3. The minimum atomic E-state index is -1.84. The Balaban J connectivity index is 0.998. The Morgan fingerprint density at radius 3 is 1.87 bits per heavy atom. The number of rotatable bonds is 10. The van der Waals surface area contributed by atoms with Gasteiger partial charge in [-0.1, -0.05) is 60.1 Å². The van der Waals surface area contributed by atoms with Crippen molar-refractivity contribution in [3.8, 4) is 0 Å². The van der Waals surface area contributed by atoms with E-state index in [-0.39, 0.29) is 39.4 Å². The number of carboxylic acids is 1. The monoisotopic (exact) mass is 999 g/mol. The molecule has 5 aliphatic carbocycles. The van der Waals surface area contributed by atoms with Gasteiger partial charge in [-0.2, -0.15) is 0 Å². The summed E-state index contributed by atoms with van der Waals surface area (Å²) >= 11 is 0. The van der Waals surface area contributed by atoms with Gasteiger partial charge >= 0.3 is 17.9 Å². The minimum Gasteiger partial charge on any atom is -0.479 e. The topological polar surface area (TPSA) is 318 Å². The first-order valence-corrected chi connectivity index (χ1v) is 25.2. The molecule has 23 atom stereocenters. The number of aliphatic carboxylic acids is 1. The molecular weight excluding hydrogens is 921 g/mol. The van der Waals surface area contributed by atoms with Gasteiger partial charge in [0.05, 0.1) is 18.1 Å². The van der Waals surface area contributed by atoms with Crippen LogP contribution in [0.4, 0.5) is 0 Å². The van der Waals surface area contributed by atoms with Crippen LogP contribution < -0.4 is 0 Å². The number of esters is 2. The Bertz CT molecular complexity index is 2000. The number of hydrogen-bond donors (Lipinski definition) is 10. The first kappa shape index (κ1) is 53.9. The summed E-state index contributed by atoms with van der Waals surface area (Å²) in [5.41, 5.74) is -1.03. The van der Waals surface area contributed by atoms with Gasteiger partial charge in [-0.15, -0.1) is 0 Å². The largest absolute Gasteiger partial charge is 0.479 e. The highest BCUT2D eigenvalue weighted by molar-refractivity contribution is 5.79. The van der Waals surface area contributed by atoms with Gasteiger partial charge in [0.15, 0.2) is 18.7 Å². The second kappa shape index (κ2) is 19.1. The van der Waals surface area contributed by atoms with Crippen LogP contribution in [0.3, 0.4) is 0 Å². The standard InChI is InChI=1S/C50H78O20/c1-22(51)64-20-25-30(52)32(54)36(58)41(66-25)65-21-26-31(53)33(55)37(59)42(67-26)70-44(63)50-17-15-45(2,3)19-24(50)23-9-10-28-47(6)13-12-29(68-43-38(60)34(56)35(57)39(69-43)40(61)62)46(4,5)27(47)11-14-49(28,8)48(23,7)16-18-50/h9,24-39,41-43,52-60H,10-21H2,1-8H3,(H,61,62). The quantitative estimate of drug-likeness (QED) is 0.0822. The molecule has 0 aromatic heterocycles. The number of carbonyl (C=O) groups is 3. The maximum Gasteiger partial charge on any atom is 0.335 e. The van der Waals surface area contributed by atoms with Crippen molar-refractivity contribution in [2.45, 2.75) is 218 Å². The van der Waals surface area contributed by atoms with Crippen LogP contribution in [0.1, 0.15) is 120 Å². The number of allylic oxidation sites excluding steroid dienone is 2. The normalized spacial score (nSPS) is 50.8. The summed E-state index contributed by atoms with van der Waals surface area (Å²) in [5, 5.41) is 106. The Hall–Kier alpha value is -2.41. The Labute approximate surface area is 408 Å². The van der Waals surface area contributed by atoms with E-state index >= 15 is 4.79 Å². The molecule has 3 saturated heterocycles. The predicted molar refractivity (Wildman–Crippen MR) is 240 cm³/mol. The van der Waals surface area contributed by atoms with Crippen molar-refractivity contribution in [1.29, 1.82) is 0 Å². The maximum absolute atomic E-state index is 15.0. The van der Waals surface area contributed by atoms with Crippen LogP contribution in [0.2, 0.25) is 0 Å². The van der Waals surface area contributed by atoms with E-state index in [4.69, 9.17) is 33.2 Å². The van der Waals surface area contributed by atoms with E-state index in [1.165, 1.54) is 5.57 Å². The van der Waals surface area contributed by atoms with E-state index in [1.54, 1.807) is 0 Å².